The molecule has 0 fully saturated rings. The molecule has 0 heterocycles. The first-order valence-corrected chi connectivity index (χ1v) is 8.94. The van der Waals surface area contributed by atoms with E-state index >= 15 is 0 Å². The lowest BCUT2D eigenvalue weighted by molar-refractivity contribution is -0.137. The maximum Gasteiger partial charge on any atom is 0.303 e. The molecule has 0 aromatic heterocycles. The van der Waals surface area contributed by atoms with Gasteiger partial charge < -0.3 is 5.11 Å². The molecule has 4 heteroatoms. The summed E-state index contributed by atoms with van der Waals surface area (Å²) in [5.74, 6) is -0.687. The van der Waals surface area contributed by atoms with Gasteiger partial charge in [0.25, 0.3) is 0 Å². The quantitative estimate of drug-likeness (QED) is 0.286. The smallest absolute Gasteiger partial charge is 0.303 e. The van der Waals surface area contributed by atoms with E-state index in [1.165, 1.54) is 38.5 Å². The van der Waals surface area contributed by atoms with Crippen molar-refractivity contribution in [2.75, 3.05) is 6.61 Å². The van der Waals surface area contributed by atoms with Crippen LogP contribution in [0.25, 0.3) is 0 Å². The van der Waals surface area contributed by atoms with Crippen LogP contribution in [0.1, 0.15) is 90.4 Å². The fourth-order valence-electron chi connectivity index (χ4n) is 2.30. The van der Waals surface area contributed by atoms with Crippen molar-refractivity contribution < 1.29 is 14.7 Å². The summed E-state index contributed by atoms with van der Waals surface area (Å²) in [7, 11) is 0. The number of aliphatic carboxylic acids is 1. The van der Waals surface area contributed by atoms with Crippen molar-refractivity contribution in [2.45, 2.75) is 90.4 Å². The van der Waals surface area contributed by atoms with Crippen molar-refractivity contribution in [2.24, 2.45) is 0 Å². The summed E-state index contributed by atoms with van der Waals surface area (Å²) < 4.78 is 0. The van der Waals surface area contributed by atoms with Crippen molar-refractivity contribution in [1.82, 2.24) is 5.48 Å². The summed E-state index contributed by atoms with van der Waals surface area (Å²) in [6, 6.07) is 0. The summed E-state index contributed by atoms with van der Waals surface area (Å²) >= 11 is 0. The second-order valence-corrected chi connectivity index (χ2v) is 5.98. The van der Waals surface area contributed by atoms with Crippen LogP contribution < -0.4 is 5.48 Å². The topological polar surface area (TPSA) is 58.6 Å². The largest absolute Gasteiger partial charge is 0.481 e. The Morgan fingerprint density at radius 3 is 2.09 bits per heavy atom. The Balaban J connectivity index is 3.17. The van der Waals surface area contributed by atoms with Crippen LogP contribution in [0.4, 0.5) is 0 Å². The van der Waals surface area contributed by atoms with Crippen LogP contribution in [0, 0.1) is 0 Å². The van der Waals surface area contributed by atoms with Gasteiger partial charge in [0.2, 0.25) is 0 Å². The van der Waals surface area contributed by atoms with E-state index in [1.54, 1.807) is 0 Å². The molecule has 0 aliphatic rings. The highest BCUT2D eigenvalue weighted by Crippen LogP contribution is 2.10. The average molecular weight is 313 g/mol. The number of allylic oxidation sites excluding steroid dienone is 1. The second-order valence-electron chi connectivity index (χ2n) is 5.98. The Labute approximate surface area is 136 Å². The Kier molecular flexibility index (Phi) is 15.6. The number of carboxylic acid groups (broad SMARTS) is 1. The first kappa shape index (κ1) is 21.0. The zero-order valence-corrected chi connectivity index (χ0v) is 14.4. The lowest BCUT2D eigenvalue weighted by atomic mass is 10.1. The van der Waals surface area contributed by atoms with Crippen LogP contribution in [0.3, 0.4) is 0 Å². The predicted octanol–water partition coefficient (Wildman–Crippen LogP) is 5.20. The van der Waals surface area contributed by atoms with Gasteiger partial charge >= 0.3 is 5.97 Å². The van der Waals surface area contributed by atoms with Gasteiger partial charge in [-0.25, -0.2) is 0 Å². The minimum Gasteiger partial charge on any atom is -0.481 e. The van der Waals surface area contributed by atoms with E-state index in [9.17, 15) is 4.79 Å². The molecule has 0 saturated carbocycles. The number of rotatable bonds is 17. The third kappa shape index (κ3) is 17.0. The highest BCUT2D eigenvalue weighted by Gasteiger charge is 1.98. The van der Waals surface area contributed by atoms with Crippen molar-refractivity contribution in [3.05, 3.63) is 12.3 Å². The molecule has 0 aliphatic carbocycles. The summed E-state index contributed by atoms with van der Waals surface area (Å²) in [6.45, 7) is 6.94. The Hall–Kier alpha value is -1.03. The fraction of sp³-hybridized carbons (Fsp3) is 0.833. The molecular weight excluding hydrogens is 278 g/mol. The van der Waals surface area contributed by atoms with E-state index in [2.05, 4.69) is 19.0 Å². The van der Waals surface area contributed by atoms with Gasteiger partial charge in [-0.1, -0.05) is 64.9 Å². The van der Waals surface area contributed by atoms with Gasteiger partial charge in [-0.3, -0.25) is 15.1 Å². The fourth-order valence-corrected chi connectivity index (χ4v) is 2.30. The summed E-state index contributed by atoms with van der Waals surface area (Å²) in [5.41, 5.74) is 3.90. The molecule has 0 spiro atoms. The van der Waals surface area contributed by atoms with E-state index in [1.807, 2.05) is 0 Å². The van der Waals surface area contributed by atoms with Crippen molar-refractivity contribution in [1.29, 1.82) is 0 Å². The van der Waals surface area contributed by atoms with Gasteiger partial charge in [-0.15, -0.1) is 0 Å². The summed E-state index contributed by atoms with van der Waals surface area (Å²) in [5, 5.41) is 8.53. The number of hydroxylamine groups is 1. The minimum atomic E-state index is -0.687. The lowest BCUT2D eigenvalue weighted by Crippen LogP contribution is -2.14. The zero-order valence-electron chi connectivity index (χ0n) is 14.4. The number of hydrogen-bond acceptors (Lipinski definition) is 3. The molecule has 130 valence electrons. The van der Waals surface area contributed by atoms with Crippen LogP contribution in [0.5, 0.6) is 0 Å². The monoisotopic (exact) mass is 313 g/mol. The number of carbonyl (C=O) groups is 1. The van der Waals surface area contributed by atoms with Crippen LogP contribution in [-0.4, -0.2) is 17.7 Å². The van der Waals surface area contributed by atoms with Gasteiger partial charge in [0.05, 0.1) is 6.61 Å². The maximum absolute atomic E-state index is 10.4. The molecular formula is C18H35NO3. The molecule has 2 N–H and O–H groups in total. The van der Waals surface area contributed by atoms with E-state index in [-0.39, 0.29) is 0 Å². The van der Waals surface area contributed by atoms with Gasteiger partial charge in [0, 0.05) is 12.1 Å². The van der Waals surface area contributed by atoms with Crippen molar-refractivity contribution in [3.8, 4) is 0 Å². The average Bonchev–Trinajstić information content (AvgIpc) is 2.48. The van der Waals surface area contributed by atoms with Crippen molar-refractivity contribution in [3.63, 3.8) is 0 Å². The van der Waals surface area contributed by atoms with E-state index < -0.39 is 5.97 Å². The summed E-state index contributed by atoms with van der Waals surface area (Å²) in [4.78, 5) is 15.8. The molecule has 0 aromatic rings. The van der Waals surface area contributed by atoms with Crippen LogP contribution in [-0.2, 0) is 9.63 Å². The van der Waals surface area contributed by atoms with E-state index in [0.717, 1.165) is 50.8 Å². The third-order valence-electron chi connectivity index (χ3n) is 3.69. The molecule has 0 radical (unpaired) electrons. The van der Waals surface area contributed by atoms with E-state index in [4.69, 9.17) is 9.94 Å². The molecule has 0 atom stereocenters. The first-order chi connectivity index (χ1) is 10.7. The standard InChI is InChI=1S/C18H35NO3/c1-3-4-5-10-13-16-22-19-17(2)14-11-8-6-7-9-12-15-18(20)21/h19H,2-16H2,1H3,(H,20,21). The molecule has 0 unspecified atom stereocenters. The second kappa shape index (κ2) is 16.3. The van der Waals surface area contributed by atoms with E-state index in [0.29, 0.717) is 6.42 Å². The highest BCUT2D eigenvalue weighted by molar-refractivity contribution is 5.66. The maximum atomic E-state index is 10.4. The number of nitrogens with one attached hydrogen (secondary N) is 1. The highest BCUT2D eigenvalue weighted by atomic mass is 16.6. The number of hydrogen-bond donors (Lipinski definition) is 2. The third-order valence-corrected chi connectivity index (χ3v) is 3.69. The van der Waals surface area contributed by atoms with Gasteiger partial charge in [0.1, 0.15) is 0 Å². The minimum absolute atomic E-state index is 0.302. The SMILES string of the molecule is C=C(CCCCCCCCC(=O)O)NOCCCCCCC. The number of unbranched alkanes of at least 4 members (excludes halogenated alkanes) is 9. The lowest BCUT2D eigenvalue weighted by Gasteiger charge is -2.09. The normalized spacial score (nSPS) is 10.6. The molecule has 0 bridgehead atoms. The predicted molar refractivity (Wildman–Crippen MR) is 91.6 cm³/mol. The van der Waals surface area contributed by atoms with Gasteiger partial charge in [-0.2, -0.15) is 0 Å². The van der Waals surface area contributed by atoms with Crippen molar-refractivity contribution >= 4 is 5.97 Å². The Morgan fingerprint density at radius 1 is 0.909 bits per heavy atom. The summed E-state index contributed by atoms with van der Waals surface area (Å²) in [6.07, 6.45) is 13.9. The van der Waals surface area contributed by atoms with Gasteiger partial charge in [-0.05, 0) is 25.7 Å². The molecule has 0 saturated heterocycles. The molecule has 0 aromatic carbocycles. The molecule has 0 rings (SSSR count). The van der Waals surface area contributed by atoms with Crippen LogP contribution in [0.15, 0.2) is 12.3 Å². The Morgan fingerprint density at radius 2 is 1.45 bits per heavy atom. The zero-order chi connectivity index (χ0) is 16.5. The molecule has 4 nitrogen and oxygen atoms in total. The van der Waals surface area contributed by atoms with Crippen LogP contribution >= 0.6 is 0 Å². The van der Waals surface area contributed by atoms with Crippen LogP contribution in [0.2, 0.25) is 0 Å². The first-order valence-electron chi connectivity index (χ1n) is 8.94. The Bertz CT molecular complexity index is 280. The molecule has 0 amide bonds. The van der Waals surface area contributed by atoms with Gasteiger partial charge in [0.15, 0.2) is 0 Å². The number of carboxylic acids is 1. The molecule has 0 aliphatic heterocycles. The molecule has 22 heavy (non-hydrogen) atoms.